The van der Waals surface area contributed by atoms with Gasteiger partial charge in [0.2, 0.25) is 0 Å². The lowest BCUT2D eigenvalue weighted by molar-refractivity contribution is -0.128. The quantitative estimate of drug-likeness (QED) is 0.680. The van der Waals surface area contributed by atoms with Gasteiger partial charge in [-0.15, -0.1) is 17.9 Å². The molecule has 1 aromatic carbocycles. The standard InChI is InChI=1S/C16H16FNO3S/c1-4-8-18-15(19)10(3)21-16(20)14-9(2)13-11(17)6-5-7-12(13)22-14/h4-7,10H,1,8H2,2-3H3,(H,18,19)/t10-/m0/s1. The highest BCUT2D eigenvalue weighted by Gasteiger charge is 2.23. The number of hydrogen-bond donors (Lipinski definition) is 1. The maximum absolute atomic E-state index is 13.8. The summed E-state index contributed by atoms with van der Waals surface area (Å²) in [5, 5.41) is 2.97. The topological polar surface area (TPSA) is 55.4 Å². The molecule has 1 atom stereocenters. The summed E-state index contributed by atoms with van der Waals surface area (Å²) >= 11 is 1.16. The summed E-state index contributed by atoms with van der Waals surface area (Å²) in [6.45, 7) is 6.94. The molecule has 1 heterocycles. The van der Waals surface area contributed by atoms with Crippen LogP contribution in [0.25, 0.3) is 10.1 Å². The smallest absolute Gasteiger partial charge is 0.349 e. The minimum Gasteiger partial charge on any atom is -0.448 e. The van der Waals surface area contributed by atoms with E-state index in [-0.39, 0.29) is 5.82 Å². The molecule has 1 aromatic heterocycles. The molecule has 4 nitrogen and oxygen atoms in total. The average Bonchev–Trinajstić information content (AvgIpc) is 2.83. The Labute approximate surface area is 131 Å². The molecule has 0 radical (unpaired) electrons. The van der Waals surface area contributed by atoms with Gasteiger partial charge in [-0.05, 0) is 31.5 Å². The Morgan fingerprint density at radius 1 is 1.50 bits per heavy atom. The van der Waals surface area contributed by atoms with Gasteiger partial charge in [0.1, 0.15) is 10.7 Å². The molecule has 1 amide bonds. The van der Waals surface area contributed by atoms with E-state index < -0.39 is 18.0 Å². The number of ether oxygens (including phenoxy) is 1. The first-order chi connectivity index (χ1) is 10.5. The Morgan fingerprint density at radius 3 is 2.86 bits per heavy atom. The summed E-state index contributed by atoms with van der Waals surface area (Å²) in [5.74, 6) is -1.40. The van der Waals surface area contributed by atoms with Crippen molar-refractivity contribution >= 4 is 33.3 Å². The van der Waals surface area contributed by atoms with E-state index in [2.05, 4.69) is 11.9 Å². The lowest BCUT2D eigenvalue weighted by Gasteiger charge is -2.12. The maximum atomic E-state index is 13.8. The fourth-order valence-electron chi connectivity index (χ4n) is 2.03. The van der Waals surface area contributed by atoms with Crippen LogP contribution in [0.5, 0.6) is 0 Å². The normalized spacial score (nSPS) is 12.0. The number of benzene rings is 1. The Kier molecular flexibility index (Phi) is 4.92. The molecule has 0 fully saturated rings. The molecular weight excluding hydrogens is 305 g/mol. The third-order valence-electron chi connectivity index (χ3n) is 3.16. The number of nitrogens with one attached hydrogen (secondary N) is 1. The van der Waals surface area contributed by atoms with Crippen LogP contribution < -0.4 is 5.32 Å². The summed E-state index contributed by atoms with van der Waals surface area (Å²) < 4.78 is 19.7. The molecule has 116 valence electrons. The number of aryl methyl sites for hydroxylation is 1. The summed E-state index contributed by atoms with van der Waals surface area (Å²) in [6, 6.07) is 4.68. The summed E-state index contributed by atoms with van der Waals surface area (Å²) in [5.41, 5.74) is 0.529. The molecule has 2 aromatic rings. The Morgan fingerprint density at radius 2 is 2.23 bits per heavy atom. The van der Waals surface area contributed by atoms with Crippen LogP contribution in [-0.4, -0.2) is 24.5 Å². The molecule has 0 bridgehead atoms. The Bertz CT molecular complexity index is 738. The van der Waals surface area contributed by atoms with E-state index in [1.165, 1.54) is 19.1 Å². The zero-order valence-corrected chi connectivity index (χ0v) is 13.1. The zero-order chi connectivity index (χ0) is 16.3. The van der Waals surface area contributed by atoms with Gasteiger partial charge in [0.05, 0.1) is 0 Å². The molecule has 0 aliphatic rings. The van der Waals surface area contributed by atoms with Crippen molar-refractivity contribution in [2.75, 3.05) is 6.54 Å². The van der Waals surface area contributed by atoms with E-state index in [0.29, 0.717) is 27.1 Å². The molecule has 0 saturated heterocycles. The van der Waals surface area contributed by atoms with E-state index in [9.17, 15) is 14.0 Å². The highest BCUT2D eigenvalue weighted by molar-refractivity contribution is 7.21. The molecular formula is C16H16FNO3S. The van der Waals surface area contributed by atoms with Crippen molar-refractivity contribution in [1.82, 2.24) is 5.32 Å². The molecule has 0 aliphatic carbocycles. The number of carbonyl (C=O) groups excluding carboxylic acids is 2. The summed E-state index contributed by atoms with van der Waals surface area (Å²) in [7, 11) is 0. The third kappa shape index (κ3) is 3.17. The highest BCUT2D eigenvalue weighted by Crippen LogP contribution is 2.33. The van der Waals surface area contributed by atoms with E-state index in [0.717, 1.165) is 11.3 Å². The average molecular weight is 321 g/mol. The zero-order valence-electron chi connectivity index (χ0n) is 12.3. The van der Waals surface area contributed by atoms with Crippen molar-refractivity contribution in [3.63, 3.8) is 0 Å². The lowest BCUT2D eigenvalue weighted by atomic mass is 10.1. The van der Waals surface area contributed by atoms with Crippen molar-refractivity contribution in [3.05, 3.63) is 47.1 Å². The second kappa shape index (κ2) is 6.70. The number of fused-ring (bicyclic) bond motifs is 1. The summed E-state index contributed by atoms with van der Waals surface area (Å²) in [4.78, 5) is 24.2. The van der Waals surface area contributed by atoms with Crippen LogP contribution in [0.2, 0.25) is 0 Å². The Balaban J connectivity index is 2.20. The number of rotatable bonds is 5. The predicted octanol–water partition coefficient (Wildman–Crippen LogP) is 3.20. The first-order valence-electron chi connectivity index (χ1n) is 6.73. The fraction of sp³-hybridized carbons (Fsp3) is 0.250. The molecule has 0 aliphatic heterocycles. The van der Waals surface area contributed by atoms with Crippen LogP contribution in [0.1, 0.15) is 22.2 Å². The highest BCUT2D eigenvalue weighted by atomic mass is 32.1. The summed E-state index contributed by atoms with van der Waals surface area (Å²) in [6.07, 6.45) is 0.604. The SMILES string of the molecule is C=CCNC(=O)[C@H](C)OC(=O)c1sc2cccc(F)c2c1C. The number of hydrogen-bond acceptors (Lipinski definition) is 4. The molecule has 0 saturated carbocycles. The van der Waals surface area contributed by atoms with Crippen LogP contribution >= 0.6 is 11.3 Å². The van der Waals surface area contributed by atoms with Crippen molar-refractivity contribution in [2.45, 2.75) is 20.0 Å². The van der Waals surface area contributed by atoms with Gasteiger partial charge in [0, 0.05) is 16.6 Å². The van der Waals surface area contributed by atoms with Gasteiger partial charge in [0.25, 0.3) is 5.91 Å². The second-order valence-corrected chi connectivity index (χ2v) is 5.80. The van der Waals surface area contributed by atoms with Crippen LogP contribution in [0, 0.1) is 12.7 Å². The number of halogens is 1. The first-order valence-corrected chi connectivity index (χ1v) is 7.54. The monoisotopic (exact) mass is 321 g/mol. The molecule has 22 heavy (non-hydrogen) atoms. The molecule has 0 spiro atoms. The van der Waals surface area contributed by atoms with Crippen LogP contribution in [0.3, 0.4) is 0 Å². The van der Waals surface area contributed by atoms with E-state index in [4.69, 9.17) is 4.74 Å². The van der Waals surface area contributed by atoms with Crippen molar-refractivity contribution in [2.24, 2.45) is 0 Å². The number of esters is 1. The van der Waals surface area contributed by atoms with E-state index >= 15 is 0 Å². The third-order valence-corrected chi connectivity index (χ3v) is 4.40. The van der Waals surface area contributed by atoms with Gasteiger partial charge in [-0.25, -0.2) is 9.18 Å². The number of carbonyl (C=O) groups is 2. The minimum atomic E-state index is -0.929. The first kappa shape index (κ1) is 16.2. The number of thiophene rings is 1. The minimum absolute atomic E-state index is 0.299. The lowest BCUT2D eigenvalue weighted by Crippen LogP contribution is -2.35. The molecule has 2 rings (SSSR count). The molecule has 0 unspecified atom stereocenters. The predicted molar refractivity (Wildman–Crippen MR) is 84.6 cm³/mol. The second-order valence-electron chi connectivity index (χ2n) is 4.75. The maximum Gasteiger partial charge on any atom is 0.349 e. The van der Waals surface area contributed by atoms with Crippen molar-refractivity contribution < 1.29 is 18.7 Å². The Hall–Kier alpha value is -2.21. The van der Waals surface area contributed by atoms with Crippen LogP contribution in [0.4, 0.5) is 4.39 Å². The van der Waals surface area contributed by atoms with Gasteiger partial charge in [-0.3, -0.25) is 4.79 Å². The molecule has 6 heteroatoms. The largest absolute Gasteiger partial charge is 0.448 e. The van der Waals surface area contributed by atoms with Crippen LogP contribution in [-0.2, 0) is 9.53 Å². The molecule has 1 N–H and O–H groups in total. The van der Waals surface area contributed by atoms with Crippen molar-refractivity contribution in [1.29, 1.82) is 0 Å². The van der Waals surface area contributed by atoms with Gasteiger partial charge >= 0.3 is 5.97 Å². The fourth-order valence-corrected chi connectivity index (χ4v) is 3.14. The van der Waals surface area contributed by atoms with E-state index in [1.807, 2.05) is 0 Å². The van der Waals surface area contributed by atoms with Crippen LogP contribution in [0.15, 0.2) is 30.9 Å². The van der Waals surface area contributed by atoms with Gasteiger partial charge in [0.15, 0.2) is 6.10 Å². The van der Waals surface area contributed by atoms with E-state index in [1.54, 1.807) is 19.1 Å². The van der Waals surface area contributed by atoms with Gasteiger partial charge in [-0.1, -0.05) is 12.1 Å². The van der Waals surface area contributed by atoms with Gasteiger partial charge < -0.3 is 10.1 Å². The number of amides is 1. The van der Waals surface area contributed by atoms with Crippen molar-refractivity contribution in [3.8, 4) is 0 Å². The van der Waals surface area contributed by atoms with Gasteiger partial charge in [-0.2, -0.15) is 0 Å².